The van der Waals surface area contributed by atoms with Gasteiger partial charge in [0.25, 0.3) is 0 Å². The molecule has 1 heterocycles. The summed E-state index contributed by atoms with van der Waals surface area (Å²) in [7, 11) is 2.20. The molecule has 0 unspecified atom stereocenters. The first kappa shape index (κ1) is 11.5. The van der Waals surface area contributed by atoms with Crippen molar-refractivity contribution in [3.8, 4) is 0 Å². The Morgan fingerprint density at radius 2 is 2.07 bits per heavy atom. The summed E-state index contributed by atoms with van der Waals surface area (Å²) in [5.74, 6) is 1.68. The minimum absolute atomic E-state index is 0.804. The summed E-state index contributed by atoms with van der Waals surface area (Å²) in [5, 5.41) is 0. The zero-order chi connectivity index (χ0) is 10.4. The monoisotopic (exact) mass is 197 g/mol. The number of nitrogens with two attached hydrogens (primary N) is 1. The third kappa shape index (κ3) is 4.09. The van der Waals surface area contributed by atoms with E-state index in [-0.39, 0.29) is 0 Å². The zero-order valence-electron chi connectivity index (χ0n) is 9.50. The van der Waals surface area contributed by atoms with Crippen LogP contribution >= 0.6 is 0 Å². The summed E-state index contributed by atoms with van der Waals surface area (Å²) in [5.41, 5.74) is 5.65. The molecule has 0 aliphatic carbocycles. The van der Waals surface area contributed by atoms with Crippen LogP contribution in [0.15, 0.2) is 4.99 Å². The minimum atomic E-state index is 0.804. The highest BCUT2D eigenvalue weighted by atomic mass is 15.1. The van der Waals surface area contributed by atoms with Gasteiger partial charge in [-0.25, -0.2) is 0 Å². The molecule has 0 aromatic heterocycles. The fraction of sp³-hybridized carbons (Fsp3) is 0.909. The van der Waals surface area contributed by atoms with Crippen LogP contribution in [0.5, 0.6) is 0 Å². The van der Waals surface area contributed by atoms with Crippen molar-refractivity contribution in [2.75, 3.05) is 26.7 Å². The van der Waals surface area contributed by atoms with Crippen LogP contribution in [-0.4, -0.2) is 37.4 Å². The SMILES string of the molecule is CCC(N)=NCCC1CCN(C)CC1. The molecule has 1 aliphatic heterocycles. The van der Waals surface area contributed by atoms with E-state index in [9.17, 15) is 0 Å². The molecule has 14 heavy (non-hydrogen) atoms. The van der Waals surface area contributed by atoms with Crippen molar-refractivity contribution < 1.29 is 0 Å². The van der Waals surface area contributed by atoms with E-state index in [4.69, 9.17) is 5.73 Å². The van der Waals surface area contributed by atoms with Gasteiger partial charge in [-0.05, 0) is 45.3 Å². The van der Waals surface area contributed by atoms with Crippen LogP contribution in [0.1, 0.15) is 32.6 Å². The second-order valence-corrected chi connectivity index (χ2v) is 4.26. The summed E-state index contributed by atoms with van der Waals surface area (Å²) in [6.07, 6.45) is 4.76. The Kier molecular flexibility index (Phi) is 4.94. The lowest BCUT2D eigenvalue weighted by Gasteiger charge is -2.28. The van der Waals surface area contributed by atoms with Gasteiger partial charge in [-0.3, -0.25) is 4.99 Å². The molecule has 1 saturated heterocycles. The van der Waals surface area contributed by atoms with E-state index in [2.05, 4.69) is 23.9 Å². The summed E-state index contributed by atoms with van der Waals surface area (Å²) in [6.45, 7) is 5.47. The second kappa shape index (κ2) is 6.02. The van der Waals surface area contributed by atoms with Gasteiger partial charge in [-0.1, -0.05) is 6.92 Å². The highest BCUT2D eigenvalue weighted by molar-refractivity contribution is 5.79. The normalized spacial score (nSPS) is 21.4. The number of hydrogen-bond donors (Lipinski definition) is 1. The Labute approximate surface area is 87.4 Å². The lowest BCUT2D eigenvalue weighted by atomic mass is 9.94. The van der Waals surface area contributed by atoms with Crippen molar-refractivity contribution in [2.45, 2.75) is 32.6 Å². The van der Waals surface area contributed by atoms with Crippen LogP contribution in [0.4, 0.5) is 0 Å². The topological polar surface area (TPSA) is 41.6 Å². The first-order valence-corrected chi connectivity index (χ1v) is 5.69. The largest absolute Gasteiger partial charge is 0.387 e. The average molecular weight is 197 g/mol. The van der Waals surface area contributed by atoms with Crippen LogP contribution in [-0.2, 0) is 0 Å². The van der Waals surface area contributed by atoms with E-state index in [1.165, 1.54) is 32.4 Å². The summed E-state index contributed by atoms with van der Waals surface area (Å²) >= 11 is 0. The molecule has 82 valence electrons. The van der Waals surface area contributed by atoms with Crippen LogP contribution < -0.4 is 5.73 Å². The maximum absolute atomic E-state index is 5.65. The maximum Gasteiger partial charge on any atom is 0.0934 e. The molecule has 0 amide bonds. The molecule has 1 rings (SSSR count). The van der Waals surface area contributed by atoms with Crippen LogP contribution in [0.25, 0.3) is 0 Å². The number of nitrogens with zero attached hydrogens (tertiary/aromatic N) is 2. The quantitative estimate of drug-likeness (QED) is 0.548. The molecule has 0 atom stereocenters. The Hall–Kier alpha value is -0.570. The molecule has 0 radical (unpaired) electrons. The smallest absolute Gasteiger partial charge is 0.0934 e. The number of piperidine rings is 1. The third-order valence-corrected chi connectivity index (χ3v) is 3.05. The molecule has 0 aromatic rings. The van der Waals surface area contributed by atoms with Gasteiger partial charge in [0.1, 0.15) is 0 Å². The Bertz CT molecular complexity index is 181. The Morgan fingerprint density at radius 3 is 2.64 bits per heavy atom. The van der Waals surface area contributed by atoms with Crippen molar-refractivity contribution in [3.63, 3.8) is 0 Å². The van der Waals surface area contributed by atoms with E-state index in [1.807, 2.05) is 0 Å². The van der Waals surface area contributed by atoms with E-state index in [0.29, 0.717) is 0 Å². The molecular weight excluding hydrogens is 174 g/mol. The lowest BCUT2D eigenvalue weighted by molar-refractivity contribution is 0.214. The molecule has 1 fully saturated rings. The van der Waals surface area contributed by atoms with E-state index < -0.39 is 0 Å². The van der Waals surface area contributed by atoms with Crippen LogP contribution in [0, 0.1) is 5.92 Å². The van der Waals surface area contributed by atoms with Gasteiger partial charge in [0.15, 0.2) is 0 Å². The molecule has 0 bridgehead atoms. The van der Waals surface area contributed by atoms with Crippen LogP contribution in [0.2, 0.25) is 0 Å². The standard InChI is InChI=1S/C11H23N3/c1-3-11(12)13-7-4-10-5-8-14(2)9-6-10/h10H,3-9H2,1-2H3,(H2,12,13). The van der Waals surface area contributed by atoms with Gasteiger partial charge in [0.05, 0.1) is 5.84 Å². The lowest BCUT2D eigenvalue weighted by Crippen LogP contribution is -2.30. The van der Waals surface area contributed by atoms with E-state index >= 15 is 0 Å². The molecule has 0 saturated carbocycles. The van der Waals surface area contributed by atoms with Gasteiger partial charge in [-0.15, -0.1) is 0 Å². The third-order valence-electron chi connectivity index (χ3n) is 3.05. The summed E-state index contributed by atoms with van der Waals surface area (Å²) in [4.78, 5) is 6.74. The highest BCUT2D eigenvalue weighted by Crippen LogP contribution is 2.19. The number of aliphatic imine (C=N–C) groups is 1. The highest BCUT2D eigenvalue weighted by Gasteiger charge is 2.15. The molecule has 0 aromatic carbocycles. The molecule has 1 aliphatic rings. The van der Waals surface area contributed by atoms with Crippen molar-refractivity contribution in [1.82, 2.24) is 4.90 Å². The van der Waals surface area contributed by atoms with E-state index in [1.54, 1.807) is 0 Å². The molecule has 2 N–H and O–H groups in total. The Balaban J connectivity index is 2.13. The predicted octanol–water partition coefficient (Wildman–Crippen LogP) is 1.49. The van der Waals surface area contributed by atoms with Crippen molar-refractivity contribution in [3.05, 3.63) is 0 Å². The molecule has 3 nitrogen and oxygen atoms in total. The maximum atomic E-state index is 5.65. The van der Waals surface area contributed by atoms with Crippen molar-refractivity contribution in [1.29, 1.82) is 0 Å². The number of rotatable bonds is 4. The van der Waals surface area contributed by atoms with Gasteiger partial charge in [-0.2, -0.15) is 0 Å². The summed E-state index contributed by atoms with van der Waals surface area (Å²) < 4.78 is 0. The van der Waals surface area contributed by atoms with Crippen molar-refractivity contribution in [2.24, 2.45) is 16.6 Å². The Morgan fingerprint density at radius 1 is 1.43 bits per heavy atom. The van der Waals surface area contributed by atoms with Crippen LogP contribution in [0.3, 0.4) is 0 Å². The fourth-order valence-electron chi connectivity index (χ4n) is 1.85. The number of amidine groups is 1. The zero-order valence-corrected chi connectivity index (χ0v) is 9.50. The number of likely N-dealkylation sites (tertiary alicyclic amines) is 1. The fourth-order valence-corrected chi connectivity index (χ4v) is 1.85. The molecule has 3 heteroatoms. The van der Waals surface area contributed by atoms with Gasteiger partial charge >= 0.3 is 0 Å². The van der Waals surface area contributed by atoms with E-state index in [0.717, 1.165) is 24.7 Å². The first-order chi connectivity index (χ1) is 6.72. The minimum Gasteiger partial charge on any atom is -0.387 e. The number of hydrogen-bond acceptors (Lipinski definition) is 2. The predicted molar refractivity (Wildman–Crippen MR) is 61.6 cm³/mol. The van der Waals surface area contributed by atoms with Crippen molar-refractivity contribution >= 4 is 5.84 Å². The summed E-state index contributed by atoms with van der Waals surface area (Å²) in [6, 6.07) is 0. The first-order valence-electron chi connectivity index (χ1n) is 5.69. The van der Waals surface area contributed by atoms with Gasteiger partial charge in [0.2, 0.25) is 0 Å². The molecule has 0 spiro atoms. The molecular formula is C11H23N3. The second-order valence-electron chi connectivity index (χ2n) is 4.26. The van der Waals surface area contributed by atoms with Gasteiger partial charge in [0, 0.05) is 13.0 Å². The van der Waals surface area contributed by atoms with Gasteiger partial charge < -0.3 is 10.6 Å². The average Bonchev–Trinajstić information content (AvgIpc) is 2.21.